The molecule has 4 heteroatoms. The lowest BCUT2D eigenvalue weighted by Gasteiger charge is -2.14. The number of nitrogens with zero attached hydrogens (tertiary/aromatic N) is 2. The van der Waals surface area contributed by atoms with Gasteiger partial charge >= 0.3 is 0 Å². The molecule has 0 amide bonds. The van der Waals surface area contributed by atoms with Crippen molar-refractivity contribution in [1.29, 1.82) is 0 Å². The van der Waals surface area contributed by atoms with Gasteiger partial charge < -0.3 is 11.1 Å². The summed E-state index contributed by atoms with van der Waals surface area (Å²) in [5.74, 6) is 0.406. The highest BCUT2D eigenvalue weighted by Crippen LogP contribution is 2.08. The smallest absolute Gasteiger partial charge is 0.197 e. The first kappa shape index (κ1) is 8.91. The van der Waals surface area contributed by atoms with Gasteiger partial charge in [-0.3, -0.25) is 4.99 Å². The van der Waals surface area contributed by atoms with E-state index in [-0.39, 0.29) is 0 Å². The number of hydrogen-bond acceptors (Lipinski definition) is 4. The molecular weight excluding hydrogens is 200 g/mol. The Labute approximate surface area is 92.2 Å². The zero-order chi connectivity index (χ0) is 11.0. The summed E-state index contributed by atoms with van der Waals surface area (Å²) in [7, 11) is 0. The van der Waals surface area contributed by atoms with E-state index in [1.165, 1.54) is 0 Å². The number of aliphatic imine (C=N–C) groups is 2. The maximum Gasteiger partial charge on any atom is 0.197 e. The van der Waals surface area contributed by atoms with E-state index in [0.717, 1.165) is 21.7 Å². The highest BCUT2D eigenvalue weighted by molar-refractivity contribution is 6.03. The first-order chi connectivity index (χ1) is 7.84. The van der Waals surface area contributed by atoms with Crippen molar-refractivity contribution in [2.45, 2.75) is 0 Å². The summed E-state index contributed by atoms with van der Waals surface area (Å²) < 4.78 is 0. The van der Waals surface area contributed by atoms with Crippen LogP contribution in [0.2, 0.25) is 0 Å². The van der Waals surface area contributed by atoms with Gasteiger partial charge in [0.25, 0.3) is 0 Å². The Hall–Kier alpha value is -2.36. The summed E-state index contributed by atoms with van der Waals surface area (Å²) in [6, 6.07) is 8.04. The molecule has 0 spiro atoms. The summed E-state index contributed by atoms with van der Waals surface area (Å²) in [6.45, 7) is 0. The minimum atomic E-state index is 0.406. The molecule has 78 valence electrons. The van der Waals surface area contributed by atoms with Crippen LogP contribution in [-0.2, 0) is 0 Å². The summed E-state index contributed by atoms with van der Waals surface area (Å²) in [5, 5.41) is 5.24. The zero-order valence-corrected chi connectivity index (χ0v) is 8.51. The number of benzene rings is 1. The van der Waals surface area contributed by atoms with Gasteiger partial charge in [0, 0.05) is 34.6 Å². The van der Waals surface area contributed by atoms with Crippen LogP contribution in [0.1, 0.15) is 0 Å². The molecule has 0 saturated carbocycles. The van der Waals surface area contributed by atoms with Gasteiger partial charge in [0.2, 0.25) is 0 Å². The largest absolute Gasteiger partial charge is 0.369 e. The van der Waals surface area contributed by atoms with E-state index >= 15 is 0 Å². The molecule has 0 bridgehead atoms. The Balaban J connectivity index is 2.41. The van der Waals surface area contributed by atoms with Crippen molar-refractivity contribution in [3.63, 3.8) is 0 Å². The van der Waals surface area contributed by atoms with Crippen LogP contribution in [-0.4, -0.2) is 12.2 Å². The third-order valence-electron chi connectivity index (χ3n) is 2.54. The summed E-state index contributed by atoms with van der Waals surface area (Å²) in [6.07, 6.45) is 5.33. The second-order valence-corrected chi connectivity index (χ2v) is 3.59. The van der Waals surface area contributed by atoms with E-state index in [1.807, 2.05) is 30.5 Å². The number of nitrogens with two attached hydrogens (primary N) is 1. The number of fused-ring (bicyclic) bond motifs is 2. The average molecular weight is 210 g/mol. The normalized spacial score (nSPS) is 17.1. The number of hydrogen-bond donors (Lipinski definition) is 2. The second kappa shape index (κ2) is 3.34. The Morgan fingerprint density at radius 2 is 2.00 bits per heavy atom. The first-order valence-electron chi connectivity index (χ1n) is 4.98. The summed E-state index contributed by atoms with van der Waals surface area (Å²) in [5.41, 5.74) is 7.57. The van der Waals surface area contributed by atoms with Gasteiger partial charge in [-0.25, -0.2) is 4.99 Å². The molecule has 16 heavy (non-hydrogen) atoms. The van der Waals surface area contributed by atoms with Crippen molar-refractivity contribution < 1.29 is 0 Å². The van der Waals surface area contributed by atoms with Crippen molar-refractivity contribution in [1.82, 2.24) is 5.32 Å². The fourth-order valence-corrected chi connectivity index (χ4v) is 1.79. The van der Waals surface area contributed by atoms with Gasteiger partial charge in [-0.2, -0.15) is 0 Å². The quantitative estimate of drug-likeness (QED) is 0.601. The van der Waals surface area contributed by atoms with Crippen molar-refractivity contribution in [3.8, 4) is 0 Å². The van der Waals surface area contributed by atoms with Gasteiger partial charge in [-0.1, -0.05) is 24.3 Å². The average Bonchev–Trinajstić information content (AvgIpc) is 2.48. The molecular formula is C12H10N4. The standard InChI is InChI=1S/C12H10N4/c13-12-15-7-9-6-14-5-8-3-1-2-4-10(8)11(9)16-12/h1-7H,(H3,13,15,16). The van der Waals surface area contributed by atoms with Crippen molar-refractivity contribution in [2.75, 3.05) is 0 Å². The van der Waals surface area contributed by atoms with Gasteiger partial charge in [0.15, 0.2) is 5.96 Å². The minimum absolute atomic E-state index is 0.406. The molecule has 2 aliphatic rings. The predicted octanol–water partition coefficient (Wildman–Crippen LogP) is -0.581. The molecule has 2 aliphatic heterocycles. The molecule has 0 aromatic heterocycles. The van der Waals surface area contributed by atoms with Gasteiger partial charge in [-0.15, -0.1) is 0 Å². The van der Waals surface area contributed by atoms with Crippen LogP contribution in [0.4, 0.5) is 0 Å². The maximum absolute atomic E-state index is 5.67. The van der Waals surface area contributed by atoms with Crippen LogP contribution < -0.4 is 21.5 Å². The Kier molecular flexibility index (Phi) is 1.86. The molecule has 0 radical (unpaired) electrons. The first-order valence-corrected chi connectivity index (χ1v) is 4.98. The lowest BCUT2D eigenvalue weighted by atomic mass is 10.1. The van der Waals surface area contributed by atoms with E-state index in [2.05, 4.69) is 15.3 Å². The highest BCUT2D eigenvalue weighted by atomic mass is 15.1. The minimum Gasteiger partial charge on any atom is -0.369 e. The van der Waals surface area contributed by atoms with E-state index in [1.54, 1.807) is 12.4 Å². The lowest BCUT2D eigenvalue weighted by molar-refractivity contribution is 1.18. The topological polar surface area (TPSA) is 62.8 Å². The summed E-state index contributed by atoms with van der Waals surface area (Å²) >= 11 is 0. The summed E-state index contributed by atoms with van der Waals surface area (Å²) in [4.78, 5) is 8.26. The second-order valence-electron chi connectivity index (χ2n) is 3.59. The third kappa shape index (κ3) is 1.32. The van der Waals surface area contributed by atoms with E-state index in [4.69, 9.17) is 5.73 Å². The molecule has 0 atom stereocenters. The third-order valence-corrected chi connectivity index (χ3v) is 2.54. The highest BCUT2D eigenvalue weighted by Gasteiger charge is 2.11. The monoisotopic (exact) mass is 210 g/mol. The van der Waals surface area contributed by atoms with Crippen LogP contribution in [0.25, 0.3) is 11.9 Å². The van der Waals surface area contributed by atoms with E-state index in [0.29, 0.717) is 5.96 Å². The van der Waals surface area contributed by atoms with Crippen molar-refractivity contribution in [2.24, 2.45) is 15.7 Å². The molecule has 0 fully saturated rings. The van der Waals surface area contributed by atoms with Crippen molar-refractivity contribution >= 4 is 24.1 Å². The van der Waals surface area contributed by atoms with Crippen LogP contribution in [0.3, 0.4) is 0 Å². The molecule has 2 heterocycles. The molecule has 4 nitrogen and oxygen atoms in total. The van der Waals surface area contributed by atoms with E-state index in [9.17, 15) is 0 Å². The van der Waals surface area contributed by atoms with Gasteiger partial charge in [0.05, 0.1) is 5.70 Å². The van der Waals surface area contributed by atoms with Crippen LogP contribution in [0.5, 0.6) is 0 Å². The molecule has 1 aromatic rings. The molecule has 0 saturated heterocycles. The Bertz CT molecular complexity index is 650. The van der Waals surface area contributed by atoms with E-state index < -0.39 is 0 Å². The zero-order valence-electron chi connectivity index (χ0n) is 8.51. The molecule has 3 rings (SSSR count). The fraction of sp³-hybridized carbons (Fsp3) is 0. The van der Waals surface area contributed by atoms with Crippen LogP contribution >= 0.6 is 0 Å². The van der Waals surface area contributed by atoms with Crippen molar-refractivity contribution in [3.05, 3.63) is 46.5 Å². The maximum atomic E-state index is 5.67. The number of nitrogens with one attached hydrogen (secondary N) is 1. The number of rotatable bonds is 0. The number of guanidine groups is 1. The van der Waals surface area contributed by atoms with Crippen LogP contribution in [0.15, 0.2) is 46.0 Å². The Morgan fingerprint density at radius 1 is 1.12 bits per heavy atom. The fourth-order valence-electron chi connectivity index (χ4n) is 1.79. The molecule has 0 unspecified atom stereocenters. The molecule has 1 aromatic carbocycles. The molecule has 0 aliphatic carbocycles. The van der Waals surface area contributed by atoms with Crippen LogP contribution in [0, 0.1) is 0 Å². The van der Waals surface area contributed by atoms with Gasteiger partial charge in [-0.05, 0) is 0 Å². The lowest BCUT2D eigenvalue weighted by Crippen LogP contribution is -2.39. The predicted molar refractivity (Wildman–Crippen MR) is 64.9 cm³/mol. The Morgan fingerprint density at radius 3 is 2.94 bits per heavy atom. The van der Waals surface area contributed by atoms with Gasteiger partial charge in [0.1, 0.15) is 0 Å². The SMILES string of the molecule is NC1=NC=C2C=NC=c3ccccc3=C2N1. The molecule has 3 N–H and O–H groups in total.